The monoisotopic (exact) mass is 208 g/mol. The van der Waals surface area contributed by atoms with Gasteiger partial charge in [-0.25, -0.2) is 4.68 Å². The van der Waals surface area contributed by atoms with E-state index in [1.807, 2.05) is 5.38 Å². The molecule has 5 heteroatoms. The molecule has 0 aromatic carbocycles. The second kappa shape index (κ2) is 3.26. The van der Waals surface area contributed by atoms with Gasteiger partial charge in [0.05, 0.1) is 4.88 Å². The van der Waals surface area contributed by atoms with Crippen molar-refractivity contribution < 1.29 is 9.90 Å². The normalized spacial score (nSPS) is 10.4. The number of aryl methyl sites for hydroxylation is 1. The average molecular weight is 208 g/mol. The van der Waals surface area contributed by atoms with Crippen LogP contribution in [0.4, 0.5) is 0 Å². The van der Waals surface area contributed by atoms with E-state index in [1.165, 1.54) is 22.1 Å². The van der Waals surface area contributed by atoms with Crippen molar-refractivity contribution in [1.29, 1.82) is 0 Å². The standard InChI is InChI=1S/C9H8N2O2S/c1-11-8(12)5-6(10-11)9(13)7-3-2-4-14-7/h2-5,12H,1H3. The predicted molar refractivity (Wildman–Crippen MR) is 52.6 cm³/mol. The number of rotatable bonds is 2. The van der Waals surface area contributed by atoms with Crippen molar-refractivity contribution in [2.45, 2.75) is 0 Å². The van der Waals surface area contributed by atoms with Crippen molar-refractivity contribution in [3.63, 3.8) is 0 Å². The zero-order valence-corrected chi connectivity index (χ0v) is 8.28. The Morgan fingerprint density at radius 2 is 2.43 bits per heavy atom. The second-order valence-corrected chi connectivity index (χ2v) is 3.77. The van der Waals surface area contributed by atoms with E-state index in [-0.39, 0.29) is 17.4 Å². The van der Waals surface area contributed by atoms with Gasteiger partial charge < -0.3 is 5.11 Å². The lowest BCUT2D eigenvalue weighted by atomic mass is 10.2. The summed E-state index contributed by atoms with van der Waals surface area (Å²) in [7, 11) is 1.58. The maximum absolute atomic E-state index is 11.7. The summed E-state index contributed by atoms with van der Waals surface area (Å²) in [4.78, 5) is 12.3. The summed E-state index contributed by atoms with van der Waals surface area (Å²) in [5, 5.41) is 15.0. The summed E-state index contributed by atoms with van der Waals surface area (Å²) < 4.78 is 1.26. The van der Waals surface area contributed by atoms with Gasteiger partial charge in [-0.05, 0) is 11.4 Å². The topological polar surface area (TPSA) is 55.1 Å². The van der Waals surface area contributed by atoms with Gasteiger partial charge in [0.25, 0.3) is 0 Å². The summed E-state index contributed by atoms with van der Waals surface area (Å²) >= 11 is 1.36. The van der Waals surface area contributed by atoms with E-state index in [4.69, 9.17) is 0 Å². The fourth-order valence-corrected chi connectivity index (χ4v) is 1.77. The minimum Gasteiger partial charge on any atom is -0.493 e. The molecule has 0 atom stereocenters. The predicted octanol–water partition coefficient (Wildman–Crippen LogP) is 1.42. The molecule has 0 aliphatic carbocycles. The van der Waals surface area contributed by atoms with E-state index in [0.717, 1.165) is 0 Å². The summed E-state index contributed by atoms with van der Waals surface area (Å²) in [6.45, 7) is 0. The molecule has 2 heterocycles. The molecule has 0 saturated heterocycles. The molecule has 0 bridgehead atoms. The third-order valence-electron chi connectivity index (χ3n) is 1.83. The Morgan fingerprint density at radius 3 is 2.93 bits per heavy atom. The second-order valence-electron chi connectivity index (χ2n) is 2.82. The molecule has 0 spiro atoms. The van der Waals surface area contributed by atoms with Crippen LogP contribution in [0.15, 0.2) is 23.6 Å². The third-order valence-corrected chi connectivity index (χ3v) is 2.70. The SMILES string of the molecule is Cn1nc(C(=O)c2cccs2)cc1O. The molecule has 0 unspecified atom stereocenters. The first-order valence-corrected chi connectivity index (χ1v) is 4.87. The Labute approximate surface area is 84.4 Å². The highest BCUT2D eigenvalue weighted by atomic mass is 32.1. The molecule has 0 aliphatic heterocycles. The van der Waals surface area contributed by atoms with Crippen LogP contribution in [0, 0.1) is 0 Å². The Hall–Kier alpha value is -1.62. The lowest BCUT2D eigenvalue weighted by molar-refractivity contribution is 0.103. The van der Waals surface area contributed by atoms with Crippen LogP contribution in [0.2, 0.25) is 0 Å². The molecule has 1 N–H and O–H groups in total. The molecule has 0 amide bonds. The first-order chi connectivity index (χ1) is 6.68. The van der Waals surface area contributed by atoms with Crippen LogP contribution in [0.5, 0.6) is 5.88 Å². The maximum Gasteiger partial charge on any atom is 0.223 e. The van der Waals surface area contributed by atoms with Gasteiger partial charge in [0.15, 0.2) is 0 Å². The number of carbonyl (C=O) groups is 1. The zero-order chi connectivity index (χ0) is 10.1. The van der Waals surface area contributed by atoms with Crippen molar-refractivity contribution in [3.8, 4) is 5.88 Å². The van der Waals surface area contributed by atoms with Gasteiger partial charge in [-0.2, -0.15) is 5.10 Å². The lowest BCUT2D eigenvalue weighted by Crippen LogP contribution is -2.00. The van der Waals surface area contributed by atoms with Crippen molar-refractivity contribution >= 4 is 17.1 Å². The van der Waals surface area contributed by atoms with Crippen LogP contribution in [-0.2, 0) is 7.05 Å². The fourth-order valence-electron chi connectivity index (χ4n) is 1.10. The smallest absolute Gasteiger partial charge is 0.223 e. The zero-order valence-electron chi connectivity index (χ0n) is 7.47. The molecular formula is C9H8N2O2S. The Balaban J connectivity index is 2.37. The van der Waals surface area contributed by atoms with Crippen LogP contribution >= 0.6 is 11.3 Å². The van der Waals surface area contributed by atoms with Crippen molar-refractivity contribution in [3.05, 3.63) is 34.2 Å². The number of hydrogen-bond acceptors (Lipinski definition) is 4. The van der Waals surface area contributed by atoms with Gasteiger partial charge >= 0.3 is 0 Å². The lowest BCUT2D eigenvalue weighted by Gasteiger charge is -1.90. The van der Waals surface area contributed by atoms with Crippen LogP contribution in [-0.4, -0.2) is 20.7 Å². The molecule has 2 aromatic heterocycles. The number of aromatic nitrogens is 2. The van der Waals surface area contributed by atoms with Crippen molar-refractivity contribution in [2.24, 2.45) is 7.05 Å². The van der Waals surface area contributed by atoms with Crippen LogP contribution < -0.4 is 0 Å². The quantitative estimate of drug-likeness (QED) is 0.759. The summed E-state index contributed by atoms with van der Waals surface area (Å²) in [6.07, 6.45) is 0. The first-order valence-electron chi connectivity index (χ1n) is 3.99. The van der Waals surface area contributed by atoms with Gasteiger partial charge in [-0.1, -0.05) is 6.07 Å². The summed E-state index contributed by atoms with van der Waals surface area (Å²) in [6, 6.07) is 4.90. The van der Waals surface area contributed by atoms with Crippen LogP contribution in [0.25, 0.3) is 0 Å². The van der Waals surface area contributed by atoms with E-state index >= 15 is 0 Å². The number of hydrogen-bond donors (Lipinski definition) is 1. The van der Waals surface area contributed by atoms with Crippen LogP contribution in [0.3, 0.4) is 0 Å². The Morgan fingerprint density at radius 1 is 1.64 bits per heavy atom. The molecule has 14 heavy (non-hydrogen) atoms. The molecule has 0 radical (unpaired) electrons. The van der Waals surface area contributed by atoms with Crippen molar-refractivity contribution in [2.75, 3.05) is 0 Å². The summed E-state index contributed by atoms with van der Waals surface area (Å²) in [5.74, 6) is -0.166. The molecule has 4 nitrogen and oxygen atoms in total. The van der Waals surface area contributed by atoms with Gasteiger partial charge in [0.2, 0.25) is 11.7 Å². The fraction of sp³-hybridized carbons (Fsp3) is 0.111. The number of thiophene rings is 1. The molecular weight excluding hydrogens is 200 g/mol. The van der Waals surface area contributed by atoms with E-state index in [0.29, 0.717) is 4.88 Å². The minimum atomic E-state index is -0.157. The molecule has 0 aliphatic rings. The van der Waals surface area contributed by atoms with Gasteiger partial charge in [-0.15, -0.1) is 11.3 Å². The van der Waals surface area contributed by atoms with E-state index in [2.05, 4.69) is 5.10 Å². The number of aromatic hydroxyl groups is 1. The summed E-state index contributed by atoms with van der Waals surface area (Å²) in [5.41, 5.74) is 0.271. The minimum absolute atomic E-state index is 0.00935. The average Bonchev–Trinajstić information content (AvgIpc) is 2.76. The largest absolute Gasteiger partial charge is 0.493 e. The van der Waals surface area contributed by atoms with E-state index in [1.54, 1.807) is 19.2 Å². The molecule has 2 rings (SSSR count). The van der Waals surface area contributed by atoms with E-state index in [9.17, 15) is 9.90 Å². The third kappa shape index (κ3) is 1.42. The highest BCUT2D eigenvalue weighted by Gasteiger charge is 2.14. The molecule has 0 saturated carbocycles. The van der Waals surface area contributed by atoms with Gasteiger partial charge in [-0.3, -0.25) is 4.79 Å². The number of nitrogens with zero attached hydrogens (tertiary/aromatic N) is 2. The molecule has 0 fully saturated rings. The Bertz CT molecular complexity index is 440. The molecule has 72 valence electrons. The Kier molecular flexibility index (Phi) is 2.09. The van der Waals surface area contributed by atoms with Crippen molar-refractivity contribution in [1.82, 2.24) is 9.78 Å². The molecule has 2 aromatic rings. The first kappa shape index (κ1) is 8.96. The highest BCUT2D eigenvalue weighted by molar-refractivity contribution is 7.12. The highest BCUT2D eigenvalue weighted by Crippen LogP contribution is 2.16. The van der Waals surface area contributed by atoms with Gasteiger partial charge in [0.1, 0.15) is 5.69 Å². The van der Waals surface area contributed by atoms with E-state index < -0.39 is 0 Å². The van der Waals surface area contributed by atoms with Gasteiger partial charge in [0, 0.05) is 13.1 Å². The van der Waals surface area contributed by atoms with Crippen LogP contribution in [0.1, 0.15) is 15.4 Å². The maximum atomic E-state index is 11.7. The number of carbonyl (C=O) groups excluding carboxylic acids is 1. The number of ketones is 1.